The molecule has 0 bridgehead atoms. The van der Waals surface area contributed by atoms with Gasteiger partial charge in [-0.15, -0.1) is 0 Å². The molecule has 1 aliphatic heterocycles. The molecule has 2 heterocycles. The summed E-state index contributed by atoms with van der Waals surface area (Å²) in [6, 6.07) is 9.80. The number of hydrogen-bond acceptors (Lipinski definition) is 4. The third-order valence-electron chi connectivity index (χ3n) is 4.48. The number of carbonyl (C=O) groups excluding carboxylic acids is 2. The Morgan fingerprint density at radius 3 is 2.80 bits per heavy atom. The smallest absolute Gasteiger partial charge is 0.318 e. The van der Waals surface area contributed by atoms with Crippen LogP contribution in [-0.4, -0.2) is 28.4 Å². The highest BCUT2D eigenvalue weighted by molar-refractivity contribution is 7.15. The van der Waals surface area contributed by atoms with E-state index in [0.717, 1.165) is 35.4 Å². The number of carbonyl (C=O) groups is 2. The van der Waals surface area contributed by atoms with E-state index in [-0.39, 0.29) is 17.9 Å². The highest BCUT2D eigenvalue weighted by Crippen LogP contribution is 2.32. The van der Waals surface area contributed by atoms with Gasteiger partial charge in [0.05, 0.1) is 12.2 Å². The summed E-state index contributed by atoms with van der Waals surface area (Å²) >= 11 is 1.48. The molecular weight excluding hydrogens is 336 g/mol. The first-order valence-electron chi connectivity index (χ1n) is 8.55. The Hall–Kier alpha value is -2.41. The fourth-order valence-corrected chi connectivity index (χ4v) is 3.89. The van der Waals surface area contributed by atoms with Crippen molar-refractivity contribution in [3.05, 3.63) is 46.5 Å². The van der Waals surface area contributed by atoms with Crippen LogP contribution in [0.1, 0.15) is 29.0 Å². The number of hydrogen-bond donors (Lipinski definition) is 2. The lowest BCUT2D eigenvalue weighted by Crippen LogP contribution is -2.42. The number of rotatable bonds is 4. The second-order valence-electron chi connectivity index (χ2n) is 6.47. The van der Waals surface area contributed by atoms with Gasteiger partial charge < -0.3 is 15.5 Å². The van der Waals surface area contributed by atoms with Crippen molar-refractivity contribution in [2.24, 2.45) is 5.92 Å². The maximum Gasteiger partial charge on any atom is 0.318 e. The highest BCUT2D eigenvalue weighted by Gasteiger charge is 2.31. The fraction of sp³-hybridized carbons (Fsp3) is 0.389. The SMILES string of the molecule is O=C(Nc1nc2c(s1)CN(C(=O)NCc1ccccc1)CC2)C1CC1. The van der Waals surface area contributed by atoms with Gasteiger partial charge in [0.2, 0.25) is 5.91 Å². The molecule has 4 rings (SSSR count). The van der Waals surface area contributed by atoms with E-state index < -0.39 is 0 Å². The number of benzene rings is 1. The number of thiazole rings is 1. The molecule has 1 fully saturated rings. The number of aromatic nitrogens is 1. The molecule has 7 heteroatoms. The van der Waals surface area contributed by atoms with Gasteiger partial charge in [0.1, 0.15) is 0 Å². The topological polar surface area (TPSA) is 74.3 Å². The summed E-state index contributed by atoms with van der Waals surface area (Å²) in [5.74, 6) is 0.241. The molecule has 130 valence electrons. The Labute approximate surface area is 150 Å². The standard InChI is InChI=1S/C18H20N4O2S/c23-16(13-6-7-13)21-17-20-14-8-9-22(11-15(14)25-17)18(24)19-10-12-4-2-1-3-5-12/h1-5,13H,6-11H2,(H,19,24)(H,20,21,23). The Morgan fingerprint density at radius 2 is 2.04 bits per heavy atom. The second-order valence-corrected chi connectivity index (χ2v) is 7.55. The molecule has 25 heavy (non-hydrogen) atoms. The van der Waals surface area contributed by atoms with Gasteiger partial charge in [-0.3, -0.25) is 4.79 Å². The summed E-state index contributed by atoms with van der Waals surface area (Å²) in [4.78, 5) is 31.6. The summed E-state index contributed by atoms with van der Waals surface area (Å²) in [6.45, 7) is 1.72. The van der Waals surface area contributed by atoms with E-state index in [2.05, 4.69) is 15.6 Å². The number of nitrogens with zero attached hydrogens (tertiary/aromatic N) is 2. The third-order valence-corrected chi connectivity index (χ3v) is 5.48. The zero-order chi connectivity index (χ0) is 17.2. The van der Waals surface area contributed by atoms with E-state index in [0.29, 0.717) is 24.8 Å². The number of anilines is 1. The summed E-state index contributed by atoms with van der Waals surface area (Å²) in [7, 11) is 0. The molecule has 3 amide bonds. The van der Waals surface area contributed by atoms with Gasteiger partial charge in [-0.25, -0.2) is 9.78 Å². The minimum Gasteiger partial charge on any atom is -0.334 e. The molecule has 0 unspecified atom stereocenters. The van der Waals surface area contributed by atoms with E-state index in [1.165, 1.54) is 11.3 Å². The molecule has 1 saturated carbocycles. The van der Waals surface area contributed by atoms with Gasteiger partial charge in [-0.2, -0.15) is 0 Å². The first-order chi connectivity index (χ1) is 12.2. The molecule has 0 atom stereocenters. The van der Waals surface area contributed by atoms with E-state index >= 15 is 0 Å². The van der Waals surface area contributed by atoms with E-state index in [9.17, 15) is 9.59 Å². The van der Waals surface area contributed by atoms with E-state index in [1.807, 2.05) is 30.3 Å². The molecule has 2 N–H and O–H groups in total. The van der Waals surface area contributed by atoms with Crippen molar-refractivity contribution in [1.82, 2.24) is 15.2 Å². The zero-order valence-electron chi connectivity index (χ0n) is 13.8. The minimum atomic E-state index is -0.0635. The van der Waals surface area contributed by atoms with Gasteiger partial charge in [-0.05, 0) is 18.4 Å². The van der Waals surface area contributed by atoms with Gasteiger partial charge >= 0.3 is 6.03 Å². The van der Waals surface area contributed by atoms with E-state index in [1.54, 1.807) is 4.90 Å². The Bertz CT molecular complexity index is 786. The Kier molecular flexibility index (Phi) is 4.40. The van der Waals surface area contributed by atoms with Gasteiger partial charge in [0.15, 0.2) is 5.13 Å². The first-order valence-corrected chi connectivity index (χ1v) is 9.37. The molecule has 1 aromatic heterocycles. The van der Waals surface area contributed by atoms with Crippen molar-refractivity contribution in [2.45, 2.75) is 32.4 Å². The predicted octanol–water partition coefficient (Wildman–Crippen LogP) is 2.76. The van der Waals surface area contributed by atoms with Crippen molar-refractivity contribution in [3.63, 3.8) is 0 Å². The number of fused-ring (bicyclic) bond motifs is 1. The molecule has 0 spiro atoms. The normalized spacial score (nSPS) is 16.2. The van der Waals surface area contributed by atoms with Crippen LogP contribution < -0.4 is 10.6 Å². The number of amides is 3. The maximum atomic E-state index is 12.4. The first kappa shape index (κ1) is 16.1. The second kappa shape index (κ2) is 6.84. The van der Waals surface area contributed by atoms with Gasteiger partial charge in [-0.1, -0.05) is 41.7 Å². The average Bonchev–Trinajstić information content (AvgIpc) is 3.41. The molecule has 6 nitrogen and oxygen atoms in total. The van der Waals surface area contributed by atoms with Crippen molar-refractivity contribution < 1.29 is 9.59 Å². The van der Waals surface area contributed by atoms with Crippen LogP contribution >= 0.6 is 11.3 Å². The van der Waals surface area contributed by atoms with Crippen LogP contribution in [0.15, 0.2) is 30.3 Å². The lowest BCUT2D eigenvalue weighted by atomic mass is 10.2. The number of nitrogens with one attached hydrogen (secondary N) is 2. The Balaban J connectivity index is 1.34. The van der Waals surface area contributed by atoms with E-state index in [4.69, 9.17) is 0 Å². The summed E-state index contributed by atoms with van der Waals surface area (Å²) in [6.07, 6.45) is 2.68. The van der Waals surface area contributed by atoms with Crippen LogP contribution in [-0.2, 0) is 24.3 Å². The quantitative estimate of drug-likeness (QED) is 0.885. The van der Waals surface area contributed by atoms with Crippen LogP contribution in [0.5, 0.6) is 0 Å². The zero-order valence-corrected chi connectivity index (χ0v) is 14.6. The molecule has 1 aromatic carbocycles. The largest absolute Gasteiger partial charge is 0.334 e. The summed E-state index contributed by atoms with van der Waals surface area (Å²) < 4.78 is 0. The lowest BCUT2D eigenvalue weighted by molar-refractivity contribution is -0.117. The number of urea groups is 1. The van der Waals surface area contributed by atoms with Crippen molar-refractivity contribution >= 4 is 28.4 Å². The monoisotopic (exact) mass is 356 g/mol. The van der Waals surface area contributed by atoms with Crippen LogP contribution in [0.2, 0.25) is 0 Å². The van der Waals surface area contributed by atoms with Crippen molar-refractivity contribution in [3.8, 4) is 0 Å². The fourth-order valence-electron chi connectivity index (χ4n) is 2.86. The molecule has 2 aliphatic rings. The Morgan fingerprint density at radius 1 is 1.24 bits per heavy atom. The average molecular weight is 356 g/mol. The van der Waals surface area contributed by atoms with Crippen molar-refractivity contribution in [1.29, 1.82) is 0 Å². The maximum absolute atomic E-state index is 12.4. The minimum absolute atomic E-state index is 0.0635. The highest BCUT2D eigenvalue weighted by atomic mass is 32.1. The molecule has 1 aliphatic carbocycles. The van der Waals surface area contributed by atoms with Crippen LogP contribution in [0.25, 0.3) is 0 Å². The lowest BCUT2D eigenvalue weighted by Gasteiger charge is -2.26. The van der Waals surface area contributed by atoms with Crippen LogP contribution in [0, 0.1) is 5.92 Å². The van der Waals surface area contributed by atoms with Gasteiger partial charge in [0, 0.05) is 30.3 Å². The molecular formula is C18H20N4O2S. The summed E-state index contributed by atoms with van der Waals surface area (Å²) in [5.41, 5.74) is 2.08. The molecule has 0 radical (unpaired) electrons. The molecule has 0 saturated heterocycles. The predicted molar refractivity (Wildman–Crippen MR) is 96.3 cm³/mol. The van der Waals surface area contributed by atoms with Crippen molar-refractivity contribution in [2.75, 3.05) is 11.9 Å². The van der Waals surface area contributed by atoms with Crippen LogP contribution in [0.4, 0.5) is 9.93 Å². The third kappa shape index (κ3) is 3.82. The summed E-state index contributed by atoms with van der Waals surface area (Å²) in [5, 5.41) is 6.52. The van der Waals surface area contributed by atoms with Crippen LogP contribution in [0.3, 0.4) is 0 Å². The van der Waals surface area contributed by atoms with Gasteiger partial charge in [0.25, 0.3) is 0 Å². The molecule has 2 aromatic rings.